The molecule has 7 nitrogen and oxygen atoms in total. The van der Waals surface area contributed by atoms with Crippen molar-refractivity contribution < 1.29 is 4.79 Å². The Morgan fingerprint density at radius 3 is 2.35 bits per heavy atom. The Morgan fingerprint density at radius 1 is 1.00 bits per heavy atom. The first-order valence-electron chi connectivity index (χ1n) is 10.1. The summed E-state index contributed by atoms with van der Waals surface area (Å²) in [7, 11) is 4.01. The molecule has 158 valence electrons. The van der Waals surface area contributed by atoms with Crippen LogP contribution >= 0.6 is 0 Å². The summed E-state index contributed by atoms with van der Waals surface area (Å²) < 4.78 is 1.80. The lowest BCUT2D eigenvalue weighted by molar-refractivity contribution is 0.102. The average Bonchev–Trinajstić information content (AvgIpc) is 3.06. The van der Waals surface area contributed by atoms with Crippen LogP contribution in [0.1, 0.15) is 33.0 Å². The van der Waals surface area contributed by atoms with Gasteiger partial charge >= 0.3 is 0 Å². The number of amides is 1. The molecule has 3 aromatic heterocycles. The predicted molar refractivity (Wildman–Crippen MR) is 124 cm³/mol. The molecule has 0 saturated heterocycles. The second-order valence-electron chi connectivity index (χ2n) is 7.96. The number of fused-ring (bicyclic) bond motifs is 1. The number of aromatic nitrogens is 4. The Hall–Kier alpha value is -3.74. The van der Waals surface area contributed by atoms with Crippen LogP contribution in [0.15, 0.2) is 42.6 Å². The van der Waals surface area contributed by atoms with E-state index in [1.54, 1.807) is 10.9 Å². The van der Waals surface area contributed by atoms with Gasteiger partial charge in [-0.05, 0) is 69.7 Å². The molecule has 0 atom stereocenters. The fourth-order valence-electron chi connectivity index (χ4n) is 3.73. The van der Waals surface area contributed by atoms with Gasteiger partial charge in [-0.1, -0.05) is 0 Å². The molecule has 0 radical (unpaired) electrons. The Labute approximate surface area is 181 Å². The van der Waals surface area contributed by atoms with Crippen molar-refractivity contribution in [2.24, 2.45) is 0 Å². The number of aryl methyl sites for hydroxylation is 4. The highest BCUT2D eigenvalue weighted by Gasteiger charge is 2.20. The number of carbonyl (C=O) groups is 1. The van der Waals surface area contributed by atoms with Crippen molar-refractivity contribution in [2.75, 3.05) is 24.3 Å². The molecule has 1 aromatic carbocycles. The standard InChI is InChI=1S/C24H26N6O/c1-14-11-12-25-17(4)22(14)27-24(31)20-13-15(2)26-23-21(20)16(3)28-30(23)19-9-7-18(8-10-19)29(5)6/h7-13H,1-6H3,(H,27,31). The van der Waals surface area contributed by atoms with Gasteiger partial charge in [-0.25, -0.2) is 9.67 Å². The SMILES string of the molecule is Cc1cc(C(=O)Nc2c(C)ccnc2C)c2c(C)nn(-c3ccc(N(C)C)cc3)c2n1. The number of carbonyl (C=O) groups excluding carboxylic acids is 1. The van der Waals surface area contributed by atoms with Crippen LogP contribution in [-0.4, -0.2) is 39.8 Å². The Kier molecular flexibility index (Phi) is 5.19. The molecule has 0 aliphatic rings. The number of benzene rings is 1. The minimum Gasteiger partial charge on any atom is -0.378 e. The summed E-state index contributed by atoms with van der Waals surface area (Å²) in [6.07, 6.45) is 1.74. The molecule has 1 N–H and O–H groups in total. The number of rotatable bonds is 4. The van der Waals surface area contributed by atoms with E-state index in [-0.39, 0.29) is 5.91 Å². The van der Waals surface area contributed by atoms with Gasteiger partial charge in [0.15, 0.2) is 5.65 Å². The minimum atomic E-state index is -0.194. The van der Waals surface area contributed by atoms with Crippen molar-refractivity contribution in [1.29, 1.82) is 0 Å². The van der Waals surface area contributed by atoms with Gasteiger partial charge in [-0.15, -0.1) is 0 Å². The summed E-state index contributed by atoms with van der Waals surface area (Å²) in [5.41, 5.74) is 7.21. The van der Waals surface area contributed by atoms with E-state index < -0.39 is 0 Å². The smallest absolute Gasteiger partial charge is 0.256 e. The molecule has 0 aliphatic carbocycles. The molecule has 0 spiro atoms. The first kappa shape index (κ1) is 20.5. The van der Waals surface area contributed by atoms with E-state index >= 15 is 0 Å². The van der Waals surface area contributed by atoms with E-state index in [0.29, 0.717) is 11.2 Å². The molecule has 31 heavy (non-hydrogen) atoms. The average molecular weight is 415 g/mol. The summed E-state index contributed by atoms with van der Waals surface area (Å²) in [5.74, 6) is -0.194. The molecule has 1 amide bonds. The first-order chi connectivity index (χ1) is 14.8. The molecule has 0 aliphatic heterocycles. The van der Waals surface area contributed by atoms with E-state index in [0.717, 1.165) is 45.1 Å². The van der Waals surface area contributed by atoms with Crippen molar-refractivity contribution in [1.82, 2.24) is 19.7 Å². The van der Waals surface area contributed by atoms with E-state index in [4.69, 9.17) is 10.1 Å². The number of pyridine rings is 2. The Morgan fingerprint density at radius 2 is 1.71 bits per heavy atom. The number of nitrogens with one attached hydrogen (secondary N) is 1. The molecule has 3 heterocycles. The van der Waals surface area contributed by atoms with Crippen molar-refractivity contribution >= 4 is 28.3 Å². The van der Waals surface area contributed by atoms with Gasteiger partial charge in [0.25, 0.3) is 5.91 Å². The van der Waals surface area contributed by atoms with Gasteiger partial charge in [0.1, 0.15) is 0 Å². The van der Waals surface area contributed by atoms with Crippen molar-refractivity contribution in [3.63, 3.8) is 0 Å². The van der Waals surface area contributed by atoms with E-state index in [1.807, 2.05) is 83.1 Å². The maximum absolute atomic E-state index is 13.3. The second kappa shape index (κ2) is 7.83. The van der Waals surface area contributed by atoms with Gasteiger partial charge in [0, 0.05) is 31.7 Å². The summed E-state index contributed by atoms with van der Waals surface area (Å²) in [6.45, 7) is 7.63. The Balaban J connectivity index is 1.82. The van der Waals surface area contributed by atoms with Crippen LogP contribution in [0.3, 0.4) is 0 Å². The van der Waals surface area contributed by atoms with Gasteiger partial charge < -0.3 is 10.2 Å². The third-order valence-corrected chi connectivity index (χ3v) is 5.38. The summed E-state index contributed by atoms with van der Waals surface area (Å²) in [5, 5.41) is 8.50. The summed E-state index contributed by atoms with van der Waals surface area (Å²) in [6, 6.07) is 11.8. The van der Waals surface area contributed by atoms with Gasteiger partial charge in [-0.3, -0.25) is 9.78 Å². The molecule has 0 saturated carbocycles. The lowest BCUT2D eigenvalue weighted by Gasteiger charge is -2.13. The summed E-state index contributed by atoms with van der Waals surface area (Å²) in [4.78, 5) is 24.4. The van der Waals surface area contributed by atoms with Crippen molar-refractivity contribution in [2.45, 2.75) is 27.7 Å². The zero-order chi connectivity index (χ0) is 22.3. The molecule has 4 rings (SSSR count). The van der Waals surface area contributed by atoms with Crippen LogP contribution in [0.4, 0.5) is 11.4 Å². The van der Waals surface area contributed by atoms with Crippen LogP contribution in [0.25, 0.3) is 16.7 Å². The Bertz CT molecular complexity index is 1270. The lowest BCUT2D eigenvalue weighted by atomic mass is 10.1. The lowest BCUT2D eigenvalue weighted by Crippen LogP contribution is -2.15. The van der Waals surface area contributed by atoms with E-state index in [2.05, 4.69) is 10.3 Å². The fourth-order valence-corrected chi connectivity index (χ4v) is 3.73. The first-order valence-corrected chi connectivity index (χ1v) is 10.1. The van der Waals surface area contributed by atoms with Gasteiger partial charge in [0.05, 0.1) is 33.7 Å². The van der Waals surface area contributed by atoms with Gasteiger partial charge in [0.2, 0.25) is 0 Å². The normalized spacial score (nSPS) is 11.0. The number of anilines is 2. The van der Waals surface area contributed by atoms with Crippen LogP contribution in [0.2, 0.25) is 0 Å². The highest BCUT2D eigenvalue weighted by molar-refractivity contribution is 6.13. The van der Waals surface area contributed by atoms with Crippen molar-refractivity contribution in [3.8, 4) is 5.69 Å². The van der Waals surface area contributed by atoms with Crippen LogP contribution in [0.5, 0.6) is 0 Å². The van der Waals surface area contributed by atoms with Crippen LogP contribution in [0, 0.1) is 27.7 Å². The molecule has 0 bridgehead atoms. The fraction of sp³-hybridized carbons (Fsp3) is 0.250. The summed E-state index contributed by atoms with van der Waals surface area (Å²) >= 11 is 0. The number of hydrogen-bond acceptors (Lipinski definition) is 5. The monoisotopic (exact) mass is 414 g/mol. The third kappa shape index (κ3) is 3.74. The number of hydrogen-bond donors (Lipinski definition) is 1. The van der Waals surface area contributed by atoms with Gasteiger partial charge in [-0.2, -0.15) is 5.10 Å². The van der Waals surface area contributed by atoms with Crippen LogP contribution < -0.4 is 10.2 Å². The molecular weight excluding hydrogens is 388 g/mol. The maximum Gasteiger partial charge on any atom is 0.256 e. The van der Waals surface area contributed by atoms with E-state index in [9.17, 15) is 4.79 Å². The third-order valence-electron chi connectivity index (χ3n) is 5.38. The molecule has 7 heteroatoms. The zero-order valence-electron chi connectivity index (χ0n) is 18.7. The minimum absolute atomic E-state index is 0.194. The zero-order valence-corrected chi connectivity index (χ0v) is 18.7. The highest BCUT2D eigenvalue weighted by atomic mass is 16.1. The van der Waals surface area contributed by atoms with Crippen molar-refractivity contribution in [3.05, 3.63) is 70.8 Å². The highest BCUT2D eigenvalue weighted by Crippen LogP contribution is 2.27. The van der Waals surface area contributed by atoms with E-state index in [1.165, 1.54) is 0 Å². The quantitative estimate of drug-likeness (QED) is 0.537. The van der Waals surface area contributed by atoms with Crippen LogP contribution in [-0.2, 0) is 0 Å². The second-order valence-corrected chi connectivity index (χ2v) is 7.96. The topological polar surface area (TPSA) is 75.9 Å². The predicted octanol–water partition coefficient (Wildman–Crippen LogP) is 4.37. The number of nitrogens with zero attached hydrogens (tertiary/aromatic N) is 5. The largest absolute Gasteiger partial charge is 0.378 e. The molecular formula is C24H26N6O. The maximum atomic E-state index is 13.3. The molecule has 0 unspecified atom stereocenters. The molecule has 4 aromatic rings. The molecule has 0 fully saturated rings.